The number of para-hydroxylation sites is 1. The molecule has 0 fully saturated rings. The van der Waals surface area contributed by atoms with Crippen LogP contribution in [0, 0.1) is 0 Å². The molecule has 0 aliphatic carbocycles. The lowest BCUT2D eigenvalue weighted by molar-refractivity contribution is -0.131. The Hall–Kier alpha value is -2.62. The number of hydrogen-bond acceptors (Lipinski definition) is 2. The van der Waals surface area contributed by atoms with Crippen LogP contribution in [0.25, 0.3) is 0 Å². The van der Waals surface area contributed by atoms with E-state index in [4.69, 9.17) is 0 Å². The molecule has 0 saturated carbocycles. The number of carbonyl (C=O) groups is 2. The molecule has 0 bridgehead atoms. The summed E-state index contributed by atoms with van der Waals surface area (Å²) >= 11 is 0. The van der Waals surface area contributed by atoms with Crippen LogP contribution in [-0.2, 0) is 16.1 Å². The SMILES string of the molecule is CCN(Cc1ccccc1)C(=O)CCN(C(C)=O)c1ccccc1. The van der Waals surface area contributed by atoms with Crippen LogP contribution in [0.15, 0.2) is 60.7 Å². The van der Waals surface area contributed by atoms with E-state index < -0.39 is 0 Å². The summed E-state index contributed by atoms with van der Waals surface area (Å²) in [5.41, 5.74) is 1.93. The van der Waals surface area contributed by atoms with Crippen molar-refractivity contribution in [3.8, 4) is 0 Å². The molecule has 0 aliphatic heterocycles. The van der Waals surface area contributed by atoms with Crippen molar-refractivity contribution in [2.24, 2.45) is 0 Å². The van der Waals surface area contributed by atoms with Crippen LogP contribution in [-0.4, -0.2) is 29.8 Å². The third-order valence-electron chi connectivity index (χ3n) is 3.95. The van der Waals surface area contributed by atoms with Crippen LogP contribution in [0.3, 0.4) is 0 Å². The van der Waals surface area contributed by atoms with E-state index in [9.17, 15) is 9.59 Å². The van der Waals surface area contributed by atoms with E-state index in [0.29, 0.717) is 26.1 Å². The summed E-state index contributed by atoms with van der Waals surface area (Å²) in [6, 6.07) is 19.4. The number of rotatable bonds is 7. The molecular weight excluding hydrogens is 300 g/mol. The maximum atomic E-state index is 12.5. The predicted octanol–water partition coefficient (Wildman–Crippen LogP) is 3.48. The van der Waals surface area contributed by atoms with Crippen LogP contribution in [0.5, 0.6) is 0 Å². The number of nitrogens with zero attached hydrogens (tertiary/aromatic N) is 2. The fraction of sp³-hybridized carbons (Fsp3) is 0.300. The number of benzene rings is 2. The topological polar surface area (TPSA) is 40.6 Å². The van der Waals surface area contributed by atoms with E-state index in [2.05, 4.69) is 0 Å². The minimum absolute atomic E-state index is 0.0555. The Balaban J connectivity index is 1.97. The van der Waals surface area contributed by atoms with Gasteiger partial charge >= 0.3 is 0 Å². The Labute approximate surface area is 143 Å². The maximum Gasteiger partial charge on any atom is 0.224 e. The summed E-state index contributed by atoms with van der Waals surface area (Å²) in [6.45, 7) is 5.14. The first-order valence-electron chi connectivity index (χ1n) is 8.26. The minimum Gasteiger partial charge on any atom is -0.339 e. The first-order chi connectivity index (χ1) is 11.6. The number of amides is 2. The average Bonchev–Trinajstić information content (AvgIpc) is 2.61. The van der Waals surface area contributed by atoms with Crippen molar-refractivity contribution in [2.75, 3.05) is 18.0 Å². The van der Waals surface area contributed by atoms with Gasteiger partial charge in [-0.1, -0.05) is 48.5 Å². The minimum atomic E-state index is -0.0555. The molecule has 0 spiro atoms. The van der Waals surface area contributed by atoms with Crippen molar-refractivity contribution >= 4 is 17.5 Å². The van der Waals surface area contributed by atoms with Crippen LogP contribution in [0.1, 0.15) is 25.8 Å². The molecule has 2 rings (SSSR count). The molecule has 0 saturated heterocycles. The van der Waals surface area contributed by atoms with Gasteiger partial charge in [-0.3, -0.25) is 9.59 Å². The first kappa shape index (κ1) is 17.7. The van der Waals surface area contributed by atoms with Crippen LogP contribution in [0.2, 0.25) is 0 Å². The second-order valence-corrected chi connectivity index (χ2v) is 5.65. The summed E-state index contributed by atoms with van der Waals surface area (Å²) in [4.78, 5) is 27.9. The van der Waals surface area contributed by atoms with Gasteiger partial charge in [0.1, 0.15) is 0 Å². The van der Waals surface area contributed by atoms with Gasteiger partial charge in [-0.2, -0.15) is 0 Å². The van der Waals surface area contributed by atoms with Crippen molar-refractivity contribution in [2.45, 2.75) is 26.8 Å². The van der Waals surface area contributed by atoms with E-state index in [1.807, 2.05) is 72.5 Å². The average molecular weight is 324 g/mol. The molecule has 0 radical (unpaired) electrons. The monoisotopic (exact) mass is 324 g/mol. The van der Waals surface area contributed by atoms with E-state index in [0.717, 1.165) is 11.3 Å². The molecule has 24 heavy (non-hydrogen) atoms. The van der Waals surface area contributed by atoms with Gasteiger partial charge in [-0.25, -0.2) is 0 Å². The zero-order valence-electron chi connectivity index (χ0n) is 14.3. The van der Waals surface area contributed by atoms with E-state index in [1.165, 1.54) is 6.92 Å². The van der Waals surface area contributed by atoms with Gasteiger partial charge < -0.3 is 9.80 Å². The summed E-state index contributed by atoms with van der Waals surface area (Å²) in [5.74, 6) is 0.00337. The fourth-order valence-electron chi connectivity index (χ4n) is 2.62. The molecule has 126 valence electrons. The Morgan fingerprint density at radius 3 is 2.04 bits per heavy atom. The molecule has 4 nitrogen and oxygen atoms in total. The molecule has 0 aliphatic rings. The maximum absolute atomic E-state index is 12.5. The van der Waals surface area contributed by atoms with E-state index in [1.54, 1.807) is 4.90 Å². The highest BCUT2D eigenvalue weighted by atomic mass is 16.2. The molecular formula is C20H24N2O2. The Morgan fingerprint density at radius 2 is 1.50 bits per heavy atom. The van der Waals surface area contributed by atoms with Crippen molar-refractivity contribution in [3.05, 3.63) is 66.2 Å². The quantitative estimate of drug-likeness (QED) is 0.782. The Bertz CT molecular complexity index is 656. The normalized spacial score (nSPS) is 10.2. The fourth-order valence-corrected chi connectivity index (χ4v) is 2.62. The van der Waals surface area contributed by atoms with Crippen molar-refractivity contribution in [3.63, 3.8) is 0 Å². The number of hydrogen-bond donors (Lipinski definition) is 0. The van der Waals surface area contributed by atoms with Gasteiger partial charge in [0.05, 0.1) is 0 Å². The lowest BCUT2D eigenvalue weighted by atomic mass is 10.2. The molecule has 0 N–H and O–H groups in total. The molecule has 2 amide bonds. The van der Waals surface area contributed by atoms with Crippen LogP contribution >= 0.6 is 0 Å². The summed E-state index contributed by atoms with van der Waals surface area (Å²) in [6.07, 6.45) is 0.315. The Kier molecular flexibility index (Phi) is 6.55. The number of anilines is 1. The van der Waals surface area contributed by atoms with Crippen LogP contribution < -0.4 is 4.90 Å². The van der Waals surface area contributed by atoms with Gasteiger partial charge in [0.25, 0.3) is 0 Å². The van der Waals surface area contributed by atoms with Gasteiger partial charge in [0.15, 0.2) is 0 Å². The van der Waals surface area contributed by atoms with Gasteiger partial charge in [0, 0.05) is 38.7 Å². The smallest absolute Gasteiger partial charge is 0.224 e. The highest BCUT2D eigenvalue weighted by Gasteiger charge is 2.16. The summed E-state index contributed by atoms with van der Waals surface area (Å²) in [5, 5.41) is 0. The van der Waals surface area contributed by atoms with E-state index in [-0.39, 0.29) is 11.8 Å². The molecule has 4 heteroatoms. The van der Waals surface area contributed by atoms with E-state index >= 15 is 0 Å². The zero-order chi connectivity index (χ0) is 17.4. The largest absolute Gasteiger partial charge is 0.339 e. The first-order valence-corrected chi connectivity index (χ1v) is 8.26. The standard InChI is InChI=1S/C20H24N2O2/c1-3-21(16-18-10-6-4-7-11-18)20(24)14-15-22(17(2)23)19-12-8-5-9-13-19/h4-13H,3,14-16H2,1-2H3. The van der Waals surface area contributed by atoms with Gasteiger partial charge in [-0.05, 0) is 24.6 Å². The lowest BCUT2D eigenvalue weighted by Crippen LogP contribution is -2.36. The van der Waals surface area contributed by atoms with Crippen LogP contribution in [0.4, 0.5) is 5.69 Å². The van der Waals surface area contributed by atoms with Gasteiger partial charge in [-0.15, -0.1) is 0 Å². The van der Waals surface area contributed by atoms with Gasteiger partial charge in [0.2, 0.25) is 11.8 Å². The molecule has 0 heterocycles. The summed E-state index contributed by atoms with van der Waals surface area (Å²) < 4.78 is 0. The van der Waals surface area contributed by atoms with Crippen molar-refractivity contribution in [1.82, 2.24) is 4.90 Å². The predicted molar refractivity (Wildman–Crippen MR) is 96.6 cm³/mol. The summed E-state index contributed by atoms with van der Waals surface area (Å²) in [7, 11) is 0. The molecule has 2 aromatic rings. The molecule has 0 atom stereocenters. The lowest BCUT2D eigenvalue weighted by Gasteiger charge is -2.24. The highest BCUT2D eigenvalue weighted by molar-refractivity contribution is 5.92. The molecule has 0 unspecified atom stereocenters. The number of carbonyl (C=O) groups excluding carboxylic acids is 2. The Morgan fingerprint density at radius 1 is 0.917 bits per heavy atom. The zero-order valence-corrected chi connectivity index (χ0v) is 14.3. The molecule has 0 aromatic heterocycles. The van der Waals surface area contributed by atoms with Crippen molar-refractivity contribution < 1.29 is 9.59 Å². The highest BCUT2D eigenvalue weighted by Crippen LogP contribution is 2.14. The third kappa shape index (κ3) is 4.95. The van der Waals surface area contributed by atoms with Crippen molar-refractivity contribution in [1.29, 1.82) is 0 Å². The second kappa shape index (κ2) is 8.87. The third-order valence-corrected chi connectivity index (χ3v) is 3.95. The molecule has 2 aromatic carbocycles. The second-order valence-electron chi connectivity index (χ2n) is 5.65.